The van der Waals surface area contributed by atoms with Crippen LogP contribution in [0.4, 0.5) is 0 Å². The van der Waals surface area contributed by atoms with E-state index < -0.39 is 5.41 Å². The summed E-state index contributed by atoms with van der Waals surface area (Å²) < 4.78 is 12.8. The summed E-state index contributed by atoms with van der Waals surface area (Å²) in [4.78, 5) is 12.8. The second kappa shape index (κ2) is 9.48. The van der Waals surface area contributed by atoms with Gasteiger partial charge in [0.15, 0.2) is 11.5 Å². The molecule has 0 fully saturated rings. The minimum atomic E-state index is -0.439. The summed E-state index contributed by atoms with van der Waals surface area (Å²) in [6.45, 7) is 10.3. The number of aromatic nitrogens is 3. The van der Waals surface area contributed by atoms with E-state index in [9.17, 15) is 4.79 Å². The Morgan fingerprint density at radius 3 is 2.59 bits per heavy atom. The molecular formula is C24H28N4O3S. The van der Waals surface area contributed by atoms with Gasteiger partial charge in [-0.05, 0) is 61.0 Å². The predicted molar refractivity (Wildman–Crippen MR) is 129 cm³/mol. The average Bonchev–Trinajstić information content (AvgIpc) is 2.73. The highest BCUT2D eigenvalue weighted by Gasteiger charge is 2.21. The highest BCUT2D eigenvalue weighted by molar-refractivity contribution is 7.71. The Morgan fingerprint density at radius 2 is 1.91 bits per heavy atom. The molecule has 0 atom stereocenters. The van der Waals surface area contributed by atoms with Crippen molar-refractivity contribution in [1.82, 2.24) is 14.9 Å². The molecule has 8 heteroatoms. The minimum Gasteiger partial charge on any atom is -0.493 e. The highest BCUT2D eigenvalue weighted by atomic mass is 32.1. The molecule has 7 nitrogen and oxygen atoms in total. The van der Waals surface area contributed by atoms with Crippen LogP contribution in [-0.4, -0.2) is 28.2 Å². The quantitative estimate of drug-likeness (QED) is 0.434. The summed E-state index contributed by atoms with van der Waals surface area (Å²) in [6.07, 6.45) is 1.55. The molecule has 168 valence electrons. The second-order valence-corrected chi connectivity index (χ2v) is 9.00. The van der Waals surface area contributed by atoms with Crippen molar-refractivity contribution in [3.8, 4) is 11.5 Å². The third-order valence-electron chi connectivity index (χ3n) is 4.96. The van der Waals surface area contributed by atoms with Crippen LogP contribution in [0.5, 0.6) is 11.5 Å². The van der Waals surface area contributed by atoms with Gasteiger partial charge in [0.05, 0.1) is 13.3 Å². The van der Waals surface area contributed by atoms with Crippen LogP contribution in [0.15, 0.2) is 46.3 Å². The highest BCUT2D eigenvalue weighted by Crippen LogP contribution is 2.29. The number of nitrogens with one attached hydrogen (secondary N) is 1. The van der Waals surface area contributed by atoms with Crippen molar-refractivity contribution in [3.63, 3.8) is 0 Å². The molecule has 0 unspecified atom stereocenters. The number of ether oxygens (including phenoxy) is 2. The van der Waals surface area contributed by atoms with E-state index in [4.69, 9.17) is 21.7 Å². The molecule has 3 aromatic rings. The Balaban J connectivity index is 1.85. The van der Waals surface area contributed by atoms with Crippen LogP contribution in [0, 0.1) is 18.6 Å². The molecule has 0 aliphatic rings. The fourth-order valence-corrected chi connectivity index (χ4v) is 3.28. The number of methoxy groups -OCH3 is 1. The third-order valence-corrected chi connectivity index (χ3v) is 5.22. The molecule has 0 radical (unpaired) electrons. The van der Waals surface area contributed by atoms with Crippen LogP contribution in [0.2, 0.25) is 0 Å². The Hall–Kier alpha value is -3.26. The summed E-state index contributed by atoms with van der Waals surface area (Å²) in [7, 11) is 1.58. The molecule has 0 amide bonds. The lowest BCUT2D eigenvalue weighted by atomic mass is 9.93. The molecule has 0 saturated heterocycles. The number of aryl methyl sites for hydroxylation is 2. The fraction of sp³-hybridized carbons (Fsp3) is 0.333. The molecule has 1 aromatic heterocycles. The zero-order valence-electron chi connectivity index (χ0n) is 19.2. The van der Waals surface area contributed by atoms with Gasteiger partial charge in [-0.2, -0.15) is 14.9 Å². The standard InChI is InChI=1S/C24H28N4O3S/c1-15-7-8-16(2)18(11-15)14-31-19-10-9-17(12-20(19)30-6)13-25-28-22(29)21(24(3,4)5)26-27-23(28)32/h7-13H,14H2,1-6H3,(H,27,32)/b25-13-. The summed E-state index contributed by atoms with van der Waals surface area (Å²) in [6, 6.07) is 11.7. The lowest BCUT2D eigenvalue weighted by Crippen LogP contribution is -2.32. The van der Waals surface area contributed by atoms with E-state index in [1.165, 1.54) is 11.1 Å². The zero-order chi connectivity index (χ0) is 23.5. The van der Waals surface area contributed by atoms with E-state index in [0.29, 0.717) is 23.8 Å². The smallest absolute Gasteiger partial charge is 0.297 e. The summed E-state index contributed by atoms with van der Waals surface area (Å²) >= 11 is 5.19. The van der Waals surface area contributed by atoms with Gasteiger partial charge in [-0.3, -0.25) is 9.89 Å². The van der Waals surface area contributed by atoms with Crippen LogP contribution in [0.25, 0.3) is 0 Å². The predicted octanol–water partition coefficient (Wildman–Crippen LogP) is 4.69. The van der Waals surface area contributed by atoms with Crippen molar-refractivity contribution in [2.75, 3.05) is 7.11 Å². The van der Waals surface area contributed by atoms with Gasteiger partial charge in [0.2, 0.25) is 4.77 Å². The Morgan fingerprint density at radius 1 is 1.16 bits per heavy atom. The summed E-state index contributed by atoms with van der Waals surface area (Å²) in [5.74, 6) is 1.20. The first-order valence-electron chi connectivity index (χ1n) is 10.2. The lowest BCUT2D eigenvalue weighted by Gasteiger charge is -2.16. The van der Waals surface area contributed by atoms with Crippen LogP contribution in [0.1, 0.15) is 48.7 Å². The van der Waals surface area contributed by atoms with Crippen LogP contribution >= 0.6 is 12.2 Å². The third kappa shape index (κ3) is 5.31. The molecule has 1 heterocycles. The van der Waals surface area contributed by atoms with Crippen molar-refractivity contribution in [1.29, 1.82) is 0 Å². The van der Waals surface area contributed by atoms with E-state index in [2.05, 4.69) is 47.3 Å². The van der Waals surface area contributed by atoms with E-state index in [1.54, 1.807) is 19.4 Å². The maximum Gasteiger partial charge on any atom is 0.297 e. The number of nitrogens with zero attached hydrogens (tertiary/aromatic N) is 3. The molecule has 1 N–H and O–H groups in total. The van der Waals surface area contributed by atoms with Crippen LogP contribution < -0.4 is 15.0 Å². The van der Waals surface area contributed by atoms with Gasteiger partial charge in [0.25, 0.3) is 5.56 Å². The van der Waals surface area contributed by atoms with Gasteiger partial charge in [-0.25, -0.2) is 0 Å². The molecular weight excluding hydrogens is 424 g/mol. The molecule has 32 heavy (non-hydrogen) atoms. The number of aromatic amines is 1. The number of hydrogen-bond acceptors (Lipinski definition) is 6. The van der Waals surface area contributed by atoms with Crippen molar-refractivity contribution < 1.29 is 9.47 Å². The summed E-state index contributed by atoms with van der Waals surface area (Å²) in [5.41, 5.74) is 3.79. The number of rotatable bonds is 6. The molecule has 0 aliphatic carbocycles. The van der Waals surface area contributed by atoms with Gasteiger partial charge < -0.3 is 9.47 Å². The molecule has 0 spiro atoms. The van der Waals surface area contributed by atoms with Gasteiger partial charge >= 0.3 is 0 Å². The zero-order valence-corrected chi connectivity index (χ0v) is 20.0. The van der Waals surface area contributed by atoms with Crippen LogP contribution in [-0.2, 0) is 12.0 Å². The number of hydrogen-bond donors (Lipinski definition) is 1. The van der Waals surface area contributed by atoms with Gasteiger partial charge in [0, 0.05) is 5.41 Å². The molecule has 0 saturated carbocycles. The molecule has 3 rings (SSSR count). The van der Waals surface area contributed by atoms with E-state index in [1.807, 2.05) is 32.9 Å². The first-order chi connectivity index (χ1) is 15.1. The van der Waals surface area contributed by atoms with E-state index in [-0.39, 0.29) is 10.3 Å². The molecule has 0 aliphatic heterocycles. The largest absolute Gasteiger partial charge is 0.493 e. The average molecular weight is 453 g/mol. The Bertz CT molecular complexity index is 1270. The SMILES string of the molecule is COc1cc(/C=N\n2c(=S)[nH]nc(C(C)(C)C)c2=O)ccc1OCc1cc(C)ccc1C. The number of H-pyrrole nitrogens is 1. The van der Waals surface area contributed by atoms with Gasteiger partial charge in [-0.1, -0.05) is 44.5 Å². The van der Waals surface area contributed by atoms with Crippen molar-refractivity contribution in [2.45, 2.75) is 46.6 Å². The van der Waals surface area contributed by atoms with Gasteiger partial charge in [-0.15, -0.1) is 0 Å². The van der Waals surface area contributed by atoms with E-state index >= 15 is 0 Å². The Kier molecular flexibility index (Phi) is 6.93. The van der Waals surface area contributed by atoms with Crippen molar-refractivity contribution in [2.24, 2.45) is 5.10 Å². The topological polar surface area (TPSA) is 81.5 Å². The normalized spacial score (nSPS) is 11.7. The maximum absolute atomic E-state index is 12.8. The molecule has 2 aromatic carbocycles. The monoisotopic (exact) mass is 452 g/mol. The van der Waals surface area contributed by atoms with Crippen molar-refractivity contribution in [3.05, 3.63) is 79.5 Å². The maximum atomic E-state index is 12.8. The first kappa shape index (κ1) is 23.4. The fourth-order valence-electron chi connectivity index (χ4n) is 3.10. The van der Waals surface area contributed by atoms with Crippen LogP contribution in [0.3, 0.4) is 0 Å². The number of benzene rings is 2. The second-order valence-electron chi connectivity index (χ2n) is 8.62. The minimum absolute atomic E-state index is 0.125. The molecule has 0 bridgehead atoms. The van der Waals surface area contributed by atoms with E-state index in [0.717, 1.165) is 15.8 Å². The summed E-state index contributed by atoms with van der Waals surface area (Å²) in [5, 5.41) is 11.1. The lowest BCUT2D eigenvalue weighted by molar-refractivity contribution is 0.284. The first-order valence-corrected chi connectivity index (χ1v) is 10.6. The van der Waals surface area contributed by atoms with Crippen molar-refractivity contribution >= 4 is 18.4 Å². The van der Waals surface area contributed by atoms with Gasteiger partial charge in [0.1, 0.15) is 12.3 Å². The Labute approximate surface area is 192 Å².